The second kappa shape index (κ2) is 8.16. The molecule has 0 saturated carbocycles. The van der Waals surface area contributed by atoms with Crippen molar-refractivity contribution in [3.8, 4) is 0 Å². The smallest absolute Gasteiger partial charge is 0.250 e. The van der Waals surface area contributed by atoms with Gasteiger partial charge in [-0.25, -0.2) is 13.1 Å². The normalized spacial score (nSPS) is 17.5. The number of ether oxygens (including phenoxy) is 1. The Morgan fingerprint density at radius 1 is 1.20 bits per heavy atom. The highest BCUT2D eigenvalue weighted by Gasteiger charge is 2.25. The van der Waals surface area contributed by atoms with Gasteiger partial charge in [0.15, 0.2) is 0 Å². The maximum Gasteiger partial charge on any atom is 0.250 e. The lowest BCUT2D eigenvalue weighted by Crippen LogP contribution is -2.43. The van der Waals surface area contributed by atoms with Crippen LogP contribution in [-0.2, 0) is 14.8 Å². The number of benzene rings is 1. The summed E-state index contributed by atoms with van der Waals surface area (Å²) in [4.78, 5) is 2.22. The van der Waals surface area contributed by atoms with Crippen LogP contribution < -0.4 is 4.72 Å². The van der Waals surface area contributed by atoms with Gasteiger partial charge in [-0.15, -0.1) is 11.3 Å². The van der Waals surface area contributed by atoms with Crippen LogP contribution in [0.25, 0.3) is 0 Å². The fourth-order valence-electron chi connectivity index (χ4n) is 2.74. The van der Waals surface area contributed by atoms with E-state index in [2.05, 4.69) is 9.62 Å². The molecule has 25 heavy (non-hydrogen) atoms. The maximum atomic E-state index is 12.7. The van der Waals surface area contributed by atoms with E-state index in [4.69, 9.17) is 16.3 Å². The molecule has 0 radical (unpaired) electrons. The zero-order valence-electron chi connectivity index (χ0n) is 13.9. The molecule has 1 fully saturated rings. The second-order valence-electron chi connectivity index (χ2n) is 6.06. The molecule has 1 N–H and O–H groups in total. The molecule has 5 nitrogen and oxygen atoms in total. The van der Waals surface area contributed by atoms with Gasteiger partial charge < -0.3 is 4.74 Å². The number of aryl methyl sites for hydroxylation is 1. The first-order valence-electron chi connectivity index (χ1n) is 8.08. The topological polar surface area (TPSA) is 58.6 Å². The summed E-state index contributed by atoms with van der Waals surface area (Å²) in [5.41, 5.74) is 2.09. The van der Waals surface area contributed by atoms with Gasteiger partial charge in [0.2, 0.25) is 0 Å². The standard InChI is InChI=1S/C17H21ClN2O3S2/c1-13-2-4-14(5-3-13)15(12-20-8-10-23-11-9-20)19-25(21,22)17-7-6-16(18)24-17/h2-7,15,19H,8-12H2,1H3/t15-/m0/s1. The van der Waals surface area contributed by atoms with Crippen LogP contribution in [0.5, 0.6) is 0 Å². The first-order chi connectivity index (χ1) is 11.9. The Labute approximate surface area is 157 Å². The predicted molar refractivity (Wildman–Crippen MR) is 101 cm³/mol. The van der Waals surface area contributed by atoms with Crippen LogP contribution in [0.1, 0.15) is 17.2 Å². The number of hydrogen-bond donors (Lipinski definition) is 1. The largest absolute Gasteiger partial charge is 0.379 e. The van der Waals surface area contributed by atoms with Crippen molar-refractivity contribution in [2.24, 2.45) is 0 Å². The highest BCUT2D eigenvalue weighted by atomic mass is 35.5. The molecule has 136 valence electrons. The van der Waals surface area contributed by atoms with Crippen LogP contribution in [0.3, 0.4) is 0 Å². The zero-order chi connectivity index (χ0) is 17.9. The van der Waals surface area contributed by atoms with Gasteiger partial charge >= 0.3 is 0 Å². The van der Waals surface area contributed by atoms with Crippen molar-refractivity contribution in [2.75, 3.05) is 32.8 Å². The van der Waals surface area contributed by atoms with E-state index in [1.807, 2.05) is 31.2 Å². The SMILES string of the molecule is Cc1ccc([C@H](CN2CCOCC2)NS(=O)(=O)c2ccc(Cl)s2)cc1. The van der Waals surface area contributed by atoms with Crippen LogP contribution >= 0.6 is 22.9 Å². The summed E-state index contributed by atoms with van der Waals surface area (Å²) >= 11 is 6.96. The Bertz CT molecular complexity index is 800. The number of nitrogens with zero attached hydrogens (tertiary/aromatic N) is 1. The summed E-state index contributed by atoms with van der Waals surface area (Å²) in [5, 5.41) is 0. The molecular weight excluding hydrogens is 380 g/mol. The summed E-state index contributed by atoms with van der Waals surface area (Å²) < 4.78 is 34.4. The number of rotatable bonds is 6. The van der Waals surface area contributed by atoms with Crippen molar-refractivity contribution in [1.82, 2.24) is 9.62 Å². The molecule has 0 spiro atoms. The van der Waals surface area contributed by atoms with E-state index in [1.165, 1.54) is 6.07 Å². The lowest BCUT2D eigenvalue weighted by Gasteiger charge is -2.31. The molecule has 2 heterocycles. The summed E-state index contributed by atoms with van der Waals surface area (Å²) in [7, 11) is -3.62. The average Bonchev–Trinajstić information content (AvgIpc) is 3.03. The Hall–Kier alpha value is -0.960. The summed E-state index contributed by atoms with van der Waals surface area (Å²) in [6, 6.07) is 10.8. The number of thiophene rings is 1. The van der Waals surface area contributed by atoms with Crippen molar-refractivity contribution >= 4 is 33.0 Å². The molecular formula is C17H21ClN2O3S2. The predicted octanol–water partition coefficient (Wildman–Crippen LogP) is 3.06. The highest BCUT2D eigenvalue weighted by molar-refractivity contribution is 7.91. The van der Waals surface area contributed by atoms with Gasteiger partial charge in [0.1, 0.15) is 4.21 Å². The fourth-order valence-corrected chi connectivity index (χ4v) is 5.45. The number of hydrogen-bond acceptors (Lipinski definition) is 5. The molecule has 0 amide bonds. The molecule has 1 aromatic heterocycles. The van der Waals surface area contributed by atoms with Crippen LogP contribution in [-0.4, -0.2) is 46.2 Å². The van der Waals surface area contributed by atoms with Gasteiger partial charge in [-0.3, -0.25) is 4.90 Å². The minimum Gasteiger partial charge on any atom is -0.379 e. The van der Waals surface area contributed by atoms with Crippen LogP contribution in [0, 0.1) is 6.92 Å². The minimum absolute atomic E-state index is 0.233. The van der Waals surface area contributed by atoms with E-state index >= 15 is 0 Å². The van der Waals surface area contributed by atoms with Gasteiger partial charge in [-0.05, 0) is 24.6 Å². The van der Waals surface area contributed by atoms with Crippen molar-refractivity contribution in [2.45, 2.75) is 17.2 Å². The van der Waals surface area contributed by atoms with Crippen molar-refractivity contribution in [1.29, 1.82) is 0 Å². The van der Waals surface area contributed by atoms with Crippen LogP contribution in [0.15, 0.2) is 40.6 Å². The van der Waals surface area contributed by atoms with Gasteiger partial charge in [0.25, 0.3) is 10.0 Å². The number of nitrogens with one attached hydrogen (secondary N) is 1. The number of morpholine rings is 1. The van der Waals surface area contributed by atoms with Gasteiger partial charge in [0, 0.05) is 19.6 Å². The molecule has 1 aliphatic rings. The molecule has 2 aromatic rings. The third-order valence-electron chi connectivity index (χ3n) is 4.14. The molecule has 1 atom stereocenters. The second-order valence-corrected chi connectivity index (χ2v) is 9.71. The van der Waals surface area contributed by atoms with Crippen molar-refractivity contribution in [3.05, 3.63) is 51.9 Å². The number of halogens is 1. The van der Waals surface area contributed by atoms with E-state index in [0.29, 0.717) is 24.1 Å². The molecule has 1 aliphatic heterocycles. The minimum atomic E-state index is -3.62. The lowest BCUT2D eigenvalue weighted by atomic mass is 10.1. The van der Waals surface area contributed by atoms with Gasteiger partial charge in [-0.1, -0.05) is 41.4 Å². The molecule has 3 rings (SSSR count). The van der Waals surface area contributed by atoms with E-state index < -0.39 is 10.0 Å². The summed E-state index contributed by atoms with van der Waals surface area (Å²) in [5.74, 6) is 0. The lowest BCUT2D eigenvalue weighted by molar-refractivity contribution is 0.0345. The monoisotopic (exact) mass is 400 g/mol. The number of sulfonamides is 1. The van der Waals surface area contributed by atoms with Crippen LogP contribution in [0.2, 0.25) is 4.34 Å². The van der Waals surface area contributed by atoms with E-state index in [-0.39, 0.29) is 10.3 Å². The molecule has 1 aromatic carbocycles. The Morgan fingerprint density at radius 2 is 1.88 bits per heavy atom. The molecule has 0 unspecified atom stereocenters. The molecule has 1 saturated heterocycles. The molecule has 8 heteroatoms. The van der Waals surface area contributed by atoms with Crippen LogP contribution in [0.4, 0.5) is 0 Å². The Morgan fingerprint density at radius 3 is 2.48 bits per heavy atom. The third-order valence-corrected chi connectivity index (χ3v) is 7.33. The maximum absolute atomic E-state index is 12.7. The van der Waals surface area contributed by atoms with E-state index in [1.54, 1.807) is 6.07 Å². The third kappa shape index (κ3) is 5.03. The van der Waals surface area contributed by atoms with Crippen molar-refractivity contribution < 1.29 is 13.2 Å². The fraction of sp³-hybridized carbons (Fsp3) is 0.412. The zero-order valence-corrected chi connectivity index (χ0v) is 16.3. The first-order valence-corrected chi connectivity index (χ1v) is 10.8. The molecule has 0 bridgehead atoms. The molecule has 0 aliphatic carbocycles. The summed E-state index contributed by atoms with van der Waals surface area (Å²) in [6.45, 7) is 5.56. The highest BCUT2D eigenvalue weighted by Crippen LogP contribution is 2.27. The Balaban J connectivity index is 1.83. The van der Waals surface area contributed by atoms with Gasteiger partial charge in [-0.2, -0.15) is 0 Å². The first kappa shape index (κ1) is 18.8. The Kier molecular flexibility index (Phi) is 6.14. The van der Waals surface area contributed by atoms with Crippen molar-refractivity contribution in [3.63, 3.8) is 0 Å². The summed E-state index contributed by atoms with van der Waals surface area (Å²) in [6.07, 6.45) is 0. The van der Waals surface area contributed by atoms with E-state index in [9.17, 15) is 8.42 Å². The average molecular weight is 401 g/mol. The quantitative estimate of drug-likeness (QED) is 0.809. The van der Waals surface area contributed by atoms with Gasteiger partial charge in [0.05, 0.1) is 23.6 Å². The van der Waals surface area contributed by atoms with E-state index in [0.717, 1.165) is 35.6 Å².